The Hall–Kier alpha value is -1.51. The smallest absolute Gasteiger partial charge is 0.227 e. The molecule has 0 saturated carbocycles. The predicted molar refractivity (Wildman–Crippen MR) is 65.5 cm³/mol. The topological polar surface area (TPSA) is 32.3 Å². The number of rotatable bonds is 1. The SMILES string of the molecule is CC(C)N1CCNc2ccccc2CC1=O. The molecule has 1 aromatic rings. The first-order valence-electron chi connectivity index (χ1n) is 5.79. The number of fused-ring (bicyclic) bond motifs is 1. The van der Waals surface area contributed by atoms with Crippen molar-refractivity contribution in [2.75, 3.05) is 18.4 Å². The summed E-state index contributed by atoms with van der Waals surface area (Å²) in [5.41, 5.74) is 2.19. The first kappa shape index (κ1) is 11.0. The van der Waals surface area contributed by atoms with Gasteiger partial charge in [-0.25, -0.2) is 0 Å². The summed E-state index contributed by atoms with van der Waals surface area (Å²) in [7, 11) is 0. The van der Waals surface area contributed by atoms with Crippen LogP contribution in [-0.4, -0.2) is 29.9 Å². The highest BCUT2D eigenvalue weighted by atomic mass is 16.2. The van der Waals surface area contributed by atoms with Crippen molar-refractivity contribution in [2.45, 2.75) is 26.3 Å². The molecule has 0 fully saturated rings. The quantitative estimate of drug-likeness (QED) is 0.780. The third-order valence-electron chi connectivity index (χ3n) is 2.97. The summed E-state index contributed by atoms with van der Waals surface area (Å²) in [6.07, 6.45) is 0.501. The molecule has 0 radical (unpaired) electrons. The number of para-hydroxylation sites is 1. The number of hydrogen-bond donors (Lipinski definition) is 1. The van der Waals surface area contributed by atoms with E-state index in [0.717, 1.165) is 24.3 Å². The van der Waals surface area contributed by atoms with E-state index in [4.69, 9.17) is 0 Å². The first-order chi connectivity index (χ1) is 7.68. The Balaban J connectivity index is 2.24. The van der Waals surface area contributed by atoms with Gasteiger partial charge in [0.25, 0.3) is 0 Å². The molecular weight excluding hydrogens is 200 g/mol. The second kappa shape index (κ2) is 4.56. The van der Waals surface area contributed by atoms with Crippen molar-refractivity contribution in [1.29, 1.82) is 0 Å². The average Bonchev–Trinajstić information content (AvgIpc) is 2.22. The van der Waals surface area contributed by atoms with Gasteiger partial charge >= 0.3 is 0 Å². The Morgan fingerprint density at radius 3 is 2.81 bits per heavy atom. The van der Waals surface area contributed by atoms with E-state index in [2.05, 4.69) is 19.2 Å². The number of nitrogens with zero attached hydrogens (tertiary/aromatic N) is 1. The molecule has 0 aliphatic carbocycles. The minimum atomic E-state index is 0.226. The zero-order valence-electron chi connectivity index (χ0n) is 9.86. The molecule has 0 saturated heterocycles. The Morgan fingerprint density at radius 2 is 2.06 bits per heavy atom. The van der Waals surface area contributed by atoms with E-state index in [0.29, 0.717) is 6.42 Å². The van der Waals surface area contributed by atoms with Crippen molar-refractivity contribution in [2.24, 2.45) is 0 Å². The van der Waals surface area contributed by atoms with Crippen LogP contribution in [0.25, 0.3) is 0 Å². The second-order valence-electron chi connectivity index (χ2n) is 4.44. The van der Waals surface area contributed by atoms with Crippen LogP contribution in [0, 0.1) is 0 Å². The van der Waals surface area contributed by atoms with Gasteiger partial charge in [-0.3, -0.25) is 4.79 Å². The number of carbonyl (C=O) groups is 1. The third kappa shape index (κ3) is 2.18. The average molecular weight is 218 g/mol. The summed E-state index contributed by atoms with van der Waals surface area (Å²) in [5, 5.41) is 3.38. The molecule has 3 nitrogen and oxygen atoms in total. The maximum atomic E-state index is 12.1. The summed E-state index contributed by atoms with van der Waals surface area (Å²) >= 11 is 0. The van der Waals surface area contributed by atoms with Crippen molar-refractivity contribution in [3.05, 3.63) is 29.8 Å². The van der Waals surface area contributed by atoms with Gasteiger partial charge in [-0.1, -0.05) is 18.2 Å². The van der Waals surface area contributed by atoms with Gasteiger partial charge < -0.3 is 10.2 Å². The van der Waals surface area contributed by atoms with E-state index in [-0.39, 0.29) is 11.9 Å². The van der Waals surface area contributed by atoms with Crippen molar-refractivity contribution in [3.63, 3.8) is 0 Å². The van der Waals surface area contributed by atoms with Crippen molar-refractivity contribution in [3.8, 4) is 0 Å². The lowest BCUT2D eigenvalue weighted by molar-refractivity contribution is -0.132. The van der Waals surface area contributed by atoms with Gasteiger partial charge in [0.15, 0.2) is 0 Å². The predicted octanol–water partition coefficient (Wildman–Crippen LogP) is 1.89. The van der Waals surface area contributed by atoms with Crippen LogP contribution < -0.4 is 5.32 Å². The van der Waals surface area contributed by atoms with E-state index in [1.807, 2.05) is 29.2 Å². The fourth-order valence-corrected chi connectivity index (χ4v) is 2.09. The van der Waals surface area contributed by atoms with Crippen molar-refractivity contribution >= 4 is 11.6 Å². The van der Waals surface area contributed by atoms with Crippen LogP contribution in [0.15, 0.2) is 24.3 Å². The maximum absolute atomic E-state index is 12.1. The molecule has 16 heavy (non-hydrogen) atoms. The largest absolute Gasteiger partial charge is 0.383 e. The molecule has 1 amide bonds. The van der Waals surface area contributed by atoms with Crippen LogP contribution in [0.4, 0.5) is 5.69 Å². The Kier molecular flexibility index (Phi) is 3.13. The molecule has 86 valence electrons. The standard InChI is InChI=1S/C13H18N2O/c1-10(2)15-8-7-14-12-6-4-3-5-11(12)9-13(15)16/h3-6,10,14H,7-9H2,1-2H3. The van der Waals surface area contributed by atoms with Crippen LogP contribution in [-0.2, 0) is 11.2 Å². The van der Waals surface area contributed by atoms with Gasteiger partial charge in [0.1, 0.15) is 0 Å². The summed E-state index contributed by atoms with van der Waals surface area (Å²) in [5.74, 6) is 0.226. The van der Waals surface area contributed by atoms with Crippen molar-refractivity contribution < 1.29 is 4.79 Å². The summed E-state index contributed by atoms with van der Waals surface area (Å²) in [6, 6.07) is 8.31. The molecule has 0 aromatic heterocycles. The van der Waals surface area contributed by atoms with Crippen LogP contribution in [0.3, 0.4) is 0 Å². The van der Waals surface area contributed by atoms with E-state index < -0.39 is 0 Å². The second-order valence-corrected chi connectivity index (χ2v) is 4.44. The van der Waals surface area contributed by atoms with Gasteiger partial charge in [-0.05, 0) is 25.5 Å². The molecule has 3 heteroatoms. The number of amides is 1. The molecule has 1 aromatic carbocycles. The number of nitrogens with one attached hydrogen (secondary N) is 1. The Morgan fingerprint density at radius 1 is 1.31 bits per heavy atom. The third-order valence-corrected chi connectivity index (χ3v) is 2.97. The Bertz CT molecular complexity index is 387. The van der Waals surface area contributed by atoms with Gasteiger partial charge in [0.05, 0.1) is 6.42 Å². The normalized spacial score (nSPS) is 16.4. The van der Waals surface area contributed by atoms with Gasteiger partial charge in [-0.15, -0.1) is 0 Å². The molecule has 1 N–H and O–H groups in total. The lowest BCUT2D eigenvalue weighted by Crippen LogP contribution is -2.42. The fourth-order valence-electron chi connectivity index (χ4n) is 2.09. The summed E-state index contributed by atoms with van der Waals surface area (Å²) < 4.78 is 0. The number of carbonyl (C=O) groups excluding carboxylic acids is 1. The lowest BCUT2D eigenvalue weighted by atomic mass is 10.1. The van der Waals surface area contributed by atoms with Crippen LogP contribution >= 0.6 is 0 Å². The zero-order valence-corrected chi connectivity index (χ0v) is 9.86. The molecule has 0 atom stereocenters. The highest BCUT2D eigenvalue weighted by Gasteiger charge is 2.20. The number of anilines is 1. The fraction of sp³-hybridized carbons (Fsp3) is 0.462. The van der Waals surface area contributed by atoms with Gasteiger partial charge in [0.2, 0.25) is 5.91 Å². The molecule has 1 aliphatic heterocycles. The molecule has 0 bridgehead atoms. The monoisotopic (exact) mass is 218 g/mol. The van der Waals surface area contributed by atoms with Crippen LogP contribution in [0.5, 0.6) is 0 Å². The van der Waals surface area contributed by atoms with Gasteiger partial charge in [0, 0.05) is 24.8 Å². The zero-order chi connectivity index (χ0) is 11.5. The lowest BCUT2D eigenvalue weighted by Gasteiger charge is -2.29. The maximum Gasteiger partial charge on any atom is 0.227 e. The minimum Gasteiger partial charge on any atom is -0.383 e. The van der Waals surface area contributed by atoms with Crippen LogP contribution in [0.1, 0.15) is 19.4 Å². The molecule has 0 spiro atoms. The molecule has 0 unspecified atom stereocenters. The number of benzene rings is 1. The summed E-state index contributed by atoms with van der Waals surface area (Å²) in [6.45, 7) is 5.72. The van der Waals surface area contributed by atoms with E-state index in [1.165, 1.54) is 0 Å². The van der Waals surface area contributed by atoms with Gasteiger partial charge in [-0.2, -0.15) is 0 Å². The highest BCUT2D eigenvalue weighted by molar-refractivity contribution is 5.81. The minimum absolute atomic E-state index is 0.226. The number of hydrogen-bond acceptors (Lipinski definition) is 2. The Labute approximate surface area is 96.5 Å². The van der Waals surface area contributed by atoms with E-state index in [9.17, 15) is 4.79 Å². The van der Waals surface area contributed by atoms with Crippen LogP contribution in [0.2, 0.25) is 0 Å². The highest BCUT2D eigenvalue weighted by Crippen LogP contribution is 2.18. The van der Waals surface area contributed by atoms with Crippen molar-refractivity contribution in [1.82, 2.24) is 4.90 Å². The first-order valence-corrected chi connectivity index (χ1v) is 5.79. The van der Waals surface area contributed by atoms with E-state index in [1.54, 1.807) is 0 Å². The molecule has 1 heterocycles. The molecular formula is C13H18N2O. The molecule has 2 rings (SSSR count). The van der Waals surface area contributed by atoms with E-state index >= 15 is 0 Å². The molecule has 1 aliphatic rings. The summed E-state index contributed by atoms with van der Waals surface area (Å²) in [4.78, 5) is 14.0.